The number of fused-ring (bicyclic) bond motifs is 1. The first kappa shape index (κ1) is 20.3. The molecule has 0 aliphatic rings. The SMILES string of the molecule is CCOC(=O)c1nc(-c2cccc(Br)c2)n2nc(NC(=O)OC(C)(C)C)sc12. The first-order chi connectivity index (χ1) is 13.2. The van der Waals surface area contributed by atoms with Crippen molar-refractivity contribution < 1.29 is 19.1 Å². The zero-order valence-corrected chi connectivity index (χ0v) is 18.2. The summed E-state index contributed by atoms with van der Waals surface area (Å²) in [5, 5.41) is 7.27. The molecule has 3 aromatic rings. The Balaban J connectivity index is 2.05. The predicted octanol–water partition coefficient (Wildman–Crippen LogP) is 4.74. The van der Waals surface area contributed by atoms with Crippen LogP contribution in [0.25, 0.3) is 16.2 Å². The third-order valence-electron chi connectivity index (χ3n) is 3.36. The summed E-state index contributed by atoms with van der Waals surface area (Å²) in [6.07, 6.45) is -0.626. The van der Waals surface area contributed by atoms with Crippen LogP contribution in [-0.2, 0) is 9.47 Å². The number of nitrogens with one attached hydrogen (secondary N) is 1. The van der Waals surface area contributed by atoms with Crippen LogP contribution in [0.1, 0.15) is 38.2 Å². The molecule has 2 heterocycles. The summed E-state index contributed by atoms with van der Waals surface area (Å²) in [6, 6.07) is 7.46. The molecule has 2 aromatic heterocycles. The topological polar surface area (TPSA) is 94.8 Å². The predicted molar refractivity (Wildman–Crippen MR) is 110 cm³/mol. The van der Waals surface area contributed by atoms with Gasteiger partial charge in [-0.1, -0.05) is 39.4 Å². The maximum Gasteiger partial charge on any atom is 0.414 e. The molecule has 148 valence electrons. The highest BCUT2D eigenvalue weighted by atomic mass is 79.9. The largest absolute Gasteiger partial charge is 0.461 e. The molecule has 1 amide bonds. The van der Waals surface area contributed by atoms with E-state index in [9.17, 15) is 9.59 Å². The van der Waals surface area contributed by atoms with Gasteiger partial charge < -0.3 is 9.47 Å². The molecule has 0 radical (unpaired) electrons. The summed E-state index contributed by atoms with van der Waals surface area (Å²) in [5.41, 5.74) is 0.267. The van der Waals surface area contributed by atoms with Crippen molar-refractivity contribution in [2.45, 2.75) is 33.3 Å². The van der Waals surface area contributed by atoms with Crippen LogP contribution in [-0.4, -0.2) is 38.9 Å². The normalized spacial score (nSPS) is 11.5. The summed E-state index contributed by atoms with van der Waals surface area (Å²) in [4.78, 5) is 29.3. The first-order valence-corrected chi connectivity index (χ1v) is 10.1. The summed E-state index contributed by atoms with van der Waals surface area (Å²) < 4.78 is 12.7. The van der Waals surface area contributed by atoms with Crippen LogP contribution in [0, 0.1) is 0 Å². The number of anilines is 1. The molecule has 0 bridgehead atoms. The maximum absolute atomic E-state index is 12.3. The molecule has 0 saturated heterocycles. The van der Waals surface area contributed by atoms with Gasteiger partial charge in [0.2, 0.25) is 5.13 Å². The van der Waals surface area contributed by atoms with E-state index < -0.39 is 17.7 Å². The van der Waals surface area contributed by atoms with Crippen molar-refractivity contribution in [3.8, 4) is 11.4 Å². The van der Waals surface area contributed by atoms with Gasteiger partial charge in [0, 0.05) is 10.0 Å². The van der Waals surface area contributed by atoms with Gasteiger partial charge in [0.25, 0.3) is 0 Å². The zero-order valence-electron chi connectivity index (χ0n) is 15.8. The Morgan fingerprint density at radius 2 is 2.07 bits per heavy atom. The second-order valence-electron chi connectivity index (χ2n) is 6.77. The quantitative estimate of drug-likeness (QED) is 0.557. The number of hydrogen-bond donors (Lipinski definition) is 1. The Bertz CT molecular complexity index is 1040. The highest BCUT2D eigenvalue weighted by Crippen LogP contribution is 2.31. The molecule has 0 aliphatic carbocycles. The minimum absolute atomic E-state index is 0.145. The average molecular weight is 467 g/mol. The number of rotatable bonds is 4. The van der Waals surface area contributed by atoms with Gasteiger partial charge in [0.15, 0.2) is 16.3 Å². The average Bonchev–Trinajstić information content (AvgIpc) is 3.11. The van der Waals surface area contributed by atoms with Crippen LogP contribution in [0.3, 0.4) is 0 Å². The number of halogens is 1. The van der Waals surface area contributed by atoms with Crippen molar-refractivity contribution in [2.24, 2.45) is 0 Å². The summed E-state index contributed by atoms with van der Waals surface area (Å²) in [5.74, 6) is -0.0819. The zero-order chi connectivity index (χ0) is 20.5. The van der Waals surface area contributed by atoms with Gasteiger partial charge in [0.05, 0.1) is 6.61 Å². The maximum atomic E-state index is 12.3. The van der Waals surface area contributed by atoms with Crippen molar-refractivity contribution in [1.29, 1.82) is 0 Å². The summed E-state index contributed by atoms with van der Waals surface area (Å²) >= 11 is 4.55. The molecule has 0 spiro atoms. The third-order valence-corrected chi connectivity index (χ3v) is 4.79. The number of nitrogens with zero attached hydrogens (tertiary/aromatic N) is 3. The van der Waals surface area contributed by atoms with Crippen molar-refractivity contribution in [2.75, 3.05) is 11.9 Å². The van der Waals surface area contributed by atoms with E-state index in [1.54, 1.807) is 27.7 Å². The fraction of sp³-hybridized carbons (Fsp3) is 0.333. The third kappa shape index (κ3) is 4.50. The fourth-order valence-electron chi connectivity index (χ4n) is 2.37. The molecule has 0 aliphatic heterocycles. The molecule has 0 fully saturated rings. The van der Waals surface area contributed by atoms with Crippen molar-refractivity contribution in [1.82, 2.24) is 14.6 Å². The second kappa shape index (κ2) is 7.88. The number of amides is 1. The molecule has 1 aromatic carbocycles. The Morgan fingerprint density at radius 1 is 1.32 bits per heavy atom. The Hall–Kier alpha value is -2.46. The van der Waals surface area contributed by atoms with Crippen LogP contribution in [0.2, 0.25) is 0 Å². The van der Waals surface area contributed by atoms with Gasteiger partial charge >= 0.3 is 12.1 Å². The van der Waals surface area contributed by atoms with Crippen molar-refractivity contribution in [3.05, 3.63) is 34.4 Å². The highest BCUT2D eigenvalue weighted by Gasteiger charge is 2.25. The minimum Gasteiger partial charge on any atom is -0.461 e. The number of hydrogen-bond acceptors (Lipinski definition) is 7. The smallest absolute Gasteiger partial charge is 0.414 e. The van der Waals surface area contributed by atoms with Gasteiger partial charge in [0.1, 0.15) is 5.60 Å². The number of ether oxygens (including phenoxy) is 2. The molecular weight excluding hydrogens is 448 g/mol. The Labute approximate surface area is 174 Å². The molecular formula is C18H19BrN4O4S. The minimum atomic E-state index is -0.637. The van der Waals surface area contributed by atoms with Crippen molar-refractivity contribution >= 4 is 49.3 Å². The standard InChI is InChI=1S/C18H19BrN4O4S/c1-5-26-15(24)12-14-23(13(20-12)10-7-6-8-11(19)9-10)22-16(28-14)21-17(25)27-18(2,3)4/h6-9H,5H2,1-4H3,(H,21,22,25). The van der Waals surface area contributed by atoms with Crippen LogP contribution in [0.4, 0.5) is 9.93 Å². The monoisotopic (exact) mass is 466 g/mol. The molecule has 0 saturated carbocycles. The van der Waals surface area contributed by atoms with E-state index in [-0.39, 0.29) is 17.4 Å². The number of imidazole rings is 1. The van der Waals surface area contributed by atoms with E-state index in [1.807, 2.05) is 24.3 Å². The van der Waals surface area contributed by atoms with Crippen LogP contribution < -0.4 is 5.32 Å². The molecule has 0 unspecified atom stereocenters. The van der Waals surface area contributed by atoms with Gasteiger partial charge in [-0.2, -0.15) is 4.52 Å². The van der Waals surface area contributed by atoms with E-state index in [2.05, 4.69) is 31.3 Å². The number of esters is 1. The van der Waals surface area contributed by atoms with E-state index in [0.29, 0.717) is 10.7 Å². The highest BCUT2D eigenvalue weighted by molar-refractivity contribution is 9.10. The number of carbonyl (C=O) groups excluding carboxylic acids is 2. The van der Waals surface area contributed by atoms with E-state index in [1.165, 1.54) is 4.52 Å². The molecule has 10 heteroatoms. The Morgan fingerprint density at radius 3 is 2.71 bits per heavy atom. The van der Waals surface area contributed by atoms with Crippen LogP contribution in [0.5, 0.6) is 0 Å². The lowest BCUT2D eigenvalue weighted by molar-refractivity contribution is 0.0522. The van der Waals surface area contributed by atoms with Gasteiger partial charge in [-0.15, -0.1) is 5.10 Å². The second-order valence-corrected chi connectivity index (χ2v) is 8.66. The molecule has 3 rings (SSSR count). The summed E-state index contributed by atoms with van der Waals surface area (Å²) in [7, 11) is 0. The van der Waals surface area contributed by atoms with Gasteiger partial charge in [-0.25, -0.2) is 14.6 Å². The summed E-state index contributed by atoms with van der Waals surface area (Å²) in [6.45, 7) is 7.27. The lowest BCUT2D eigenvalue weighted by atomic mass is 10.2. The van der Waals surface area contributed by atoms with E-state index in [4.69, 9.17) is 9.47 Å². The number of carbonyl (C=O) groups is 2. The lowest BCUT2D eigenvalue weighted by Crippen LogP contribution is -2.27. The van der Waals surface area contributed by atoms with E-state index >= 15 is 0 Å². The fourth-order valence-corrected chi connectivity index (χ4v) is 3.65. The molecule has 0 atom stereocenters. The van der Waals surface area contributed by atoms with Crippen molar-refractivity contribution in [3.63, 3.8) is 0 Å². The molecule has 28 heavy (non-hydrogen) atoms. The number of aromatic nitrogens is 3. The van der Waals surface area contributed by atoms with E-state index in [0.717, 1.165) is 21.4 Å². The first-order valence-electron chi connectivity index (χ1n) is 8.50. The Kier molecular flexibility index (Phi) is 5.71. The lowest BCUT2D eigenvalue weighted by Gasteiger charge is -2.18. The number of benzene rings is 1. The van der Waals surface area contributed by atoms with Gasteiger partial charge in [-0.05, 0) is 39.8 Å². The van der Waals surface area contributed by atoms with Crippen LogP contribution in [0.15, 0.2) is 28.7 Å². The molecule has 8 nitrogen and oxygen atoms in total. The molecule has 1 N–H and O–H groups in total. The van der Waals surface area contributed by atoms with Crippen LogP contribution >= 0.6 is 27.3 Å². The van der Waals surface area contributed by atoms with Gasteiger partial charge in [-0.3, -0.25) is 5.32 Å².